The van der Waals surface area contributed by atoms with Gasteiger partial charge in [-0.05, 0) is 18.1 Å². The first-order valence-electron chi connectivity index (χ1n) is 6.18. The number of amides is 1. The van der Waals surface area contributed by atoms with Crippen molar-refractivity contribution in [1.82, 2.24) is 4.90 Å². The fourth-order valence-corrected chi connectivity index (χ4v) is 3.03. The van der Waals surface area contributed by atoms with Gasteiger partial charge in [0.15, 0.2) is 0 Å². The molecule has 6 heteroatoms. The SMILES string of the molecule is CC(C=Cc1ccccc1)=C1SC(=S)N(CC(=O)O)C1=O. The summed E-state index contributed by atoms with van der Waals surface area (Å²) in [4.78, 5) is 24.5. The molecule has 0 unspecified atom stereocenters. The summed E-state index contributed by atoms with van der Waals surface area (Å²) >= 11 is 6.20. The van der Waals surface area contributed by atoms with E-state index >= 15 is 0 Å². The van der Waals surface area contributed by atoms with Crippen LogP contribution in [0.4, 0.5) is 0 Å². The summed E-state index contributed by atoms with van der Waals surface area (Å²) in [6.07, 6.45) is 3.74. The summed E-state index contributed by atoms with van der Waals surface area (Å²) in [5.74, 6) is -1.42. The number of aliphatic carboxylic acids is 1. The zero-order valence-electron chi connectivity index (χ0n) is 11.3. The highest BCUT2D eigenvalue weighted by atomic mass is 32.2. The summed E-state index contributed by atoms with van der Waals surface area (Å²) in [6, 6.07) is 9.71. The van der Waals surface area contributed by atoms with Crippen molar-refractivity contribution in [2.45, 2.75) is 6.92 Å². The molecule has 1 aliphatic heterocycles. The van der Waals surface area contributed by atoms with Gasteiger partial charge in [0.25, 0.3) is 5.91 Å². The van der Waals surface area contributed by atoms with Gasteiger partial charge in [0, 0.05) is 0 Å². The van der Waals surface area contributed by atoms with Crippen molar-refractivity contribution < 1.29 is 14.7 Å². The number of benzene rings is 1. The molecule has 0 spiro atoms. The van der Waals surface area contributed by atoms with Crippen LogP contribution in [0, 0.1) is 0 Å². The highest BCUT2D eigenvalue weighted by molar-refractivity contribution is 8.26. The molecule has 1 fully saturated rings. The van der Waals surface area contributed by atoms with E-state index in [1.165, 1.54) is 0 Å². The van der Waals surface area contributed by atoms with E-state index in [0.29, 0.717) is 4.91 Å². The Morgan fingerprint density at radius 2 is 2.05 bits per heavy atom. The van der Waals surface area contributed by atoms with Gasteiger partial charge in [0.2, 0.25) is 0 Å². The molecule has 0 saturated carbocycles. The number of hydrogen-bond acceptors (Lipinski definition) is 4. The first-order chi connectivity index (χ1) is 9.99. The molecule has 1 aromatic rings. The Hall–Kier alpha value is -1.92. The zero-order valence-corrected chi connectivity index (χ0v) is 12.9. The molecule has 1 aliphatic rings. The molecule has 2 rings (SSSR count). The van der Waals surface area contributed by atoms with Gasteiger partial charge in [0.05, 0.1) is 4.91 Å². The normalized spacial score (nSPS) is 17.7. The molecule has 1 aromatic carbocycles. The number of carboxylic acids is 1. The molecule has 1 saturated heterocycles. The van der Waals surface area contributed by atoms with Crippen molar-refractivity contribution in [2.24, 2.45) is 0 Å². The number of thiocarbonyl (C=S) groups is 1. The van der Waals surface area contributed by atoms with Crippen molar-refractivity contribution in [3.05, 3.63) is 52.4 Å². The summed E-state index contributed by atoms with van der Waals surface area (Å²) in [6.45, 7) is 1.41. The number of nitrogens with zero attached hydrogens (tertiary/aromatic N) is 1. The predicted molar refractivity (Wildman–Crippen MR) is 87.7 cm³/mol. The highest BCUT2D eigenvalue weighted by Gasteiger charge is 2.34. The van der Waals surface area contributed by atoms with Crippen molar-refractivity contribution in [2.75, 3.05) is 6.54 Å². The van der Waals surface area contributed by atoms with E-state index in [1.54, 1.807) is 0 Å². The van der Waals surface area contributed by atoms with E-state index in [2.05, 4.69) is 0 Å². The van der Waals surface area contributed by atoms with Crippen LogP contribution in [0.5, 0.6) is 0 Å². The number of allylic oxidation sites excluding steroid dienone is 2. The first-order valence-corrected chi connectivity index (χ1v) is 7.41. The maximum atomic E-state index is 12.2. The van der Waals surface area contributed by atoms with Crippen LogP contribution in [-0.2, 0) is 9.59 Å². The van der Waals surface area contributed by atoms with E-state index < -0.39 is 12.5 Å². The van der Waals surface area contributed by atoms with E-state index in [-0.39, 0.29) is 10.2 Å². The lowest BCUT2D eigenvalue weighted by molar-refractivity contribution is -0.140. The molecule has 4 nitrogen and oxygen atoms in total. The van der Waals surface area contributed by atoms with Crippen molar-refractivity contribution in [3.63, 3.8) is 0 Å². The van der Waals surface area contributed by atoms with Gasteiger partial charge < -0.3 is 5.11 Å². The minimum atomic E-state index is -1.08. The summed E-state index contributed by atoms with van der Waals surface area (Å²) in [7, 11) is 0. The minimum Gasteiger partial charge on any atom is -0.480 e. The molecule has 108 valence electrons. The van der Waals surface area contributed by atoms with E-state index in [1.807, 2.05) is 49.4 Å². The Labute approximate surface area is 132 Å². The fraction of sp³-hybridized carbons (Fsp3) is 0.133. The van der Waals surface area contributed by atoms with E-state index in [4.69, 9.17) is 17.3 Å². The summed E-state index contributed by atoms with van der Waals surface area (Å²) in [5, 5.41) is 8.79. The van der Waals surface area contributed by atoms with Crippen LogP contribution < -0.4 is 0 Å². The predicted octanol–water partition coefficient (Wildman–Crippen LogP) is 2.92. The molecule has 1 amide bonds. The van der Waals surface area contributed by atoms with Crippen LogP contribution in [0.2, 0.25) is 0 Å². The average Bonchev–Trinajstić information content (AvgIpc) is 2.73. The lowest BCUT2D eigenvalue weighted by Crippen LogP contribution is -2.33. The maximum Gasteiger partial charge on any atom is 0.323 e. The molecule has 21 heavy (non-hydrogen) atoms. The molecule has 0 aromatic heterocycles. The Bertz CT molecular complexity index is 650. The van der Waals surface area contributed by atoms with Crippen LogP contribution in [0.1, 0.15) is 12.5 Å². The van der Waals surface area contributed by atoms with Crippen molar-refractivity contribution >= 4 is 46.3 Å². The second-order valence-corrected chi connectivity index (χ2v) is 6.05. The molecular formula is C15H13NO3S2. The van der Waals surface area contributed by atoms with Gasteiger partial charge in [-0.15, -0.1) is 0 Å². The molecule has 0 bridgehead atoms. The highest BCUT2D eigenvalue weighted by Crippen LogP contribution is 2.33. The molecule has 0 radical (unpaired) electrons. The molecule has 1 N–H and O–H groups in total. The largest absolute Gasteiger partial charge is 0.480 e. The van der Waals surface area contributed by atoms with Gasteiger partial charge >= 0.3 is 5.97 Å². The van der Waals surface area contributed by atoms with Crippen molar-refractivity contribution in [1.29, 1.82) is 0 Å². The summed E-state index contributed by atoms with van der Waals surface area (Å²) in [5.41, 5.74) is 1.79. The molecular weight excluding hydrogens is 306 g/mol. The topological polar surface area (TPSA) is 57.6 Å². The standard InChI is InChI=1S/C15H13NO3S2/c1-10(7-8-11-5-3-2-4-6-11)13-14(19)16(9-12(17)18)15(20)21-13/h2-8H,9H2,1H3,(H,17,18). The third-order valence-electron chi connectivity index (χ3n) is 2.83. The maximum absolute atomic E-state index is 12.2. The molecule has 0 aliphatic carbocycles. The number of thioether (sulfide) groups is 1. The summed E-state index contributed by atoms with van der Waals surface area (Å²) < 4.78 is 0.282. The van der Waals surface area contributed by atoms with Gasteiger partial charge in [-0.1, -0.05) is 66.5 Å². The number of carbonyl (C=O) groups excluding carboxylic acids is 1. The third kappa shape index (κ3) is 3.80. The minimum absolute atomic E-state index is 0.282. The van der Waals surface area contributed by atoms with E-state index in [9.17, 15) is 9.59 Å². The monoisotopic (exact) mass is 319 g/mol. The number of rotatable bonds is 4. The van der Waals surface area contributed by atoms with Crippen LogP contribution in [-0.4, -0.2) is 32.7 Å². The lowest BCUT2D eigenvalue weighted by Gasteiger charge is -2.10. The van der Waals surface area contributed by atoms with Crippen LogP contribution in [0.3, 0.4) is 0 Å². The Morgan fingerprint density at radius 3 is 2.67 bits per heavy atom. The van der Waals surface area contributed by atoms with Gasteiger partial charge in [-0.25, -0.2) is 0 Å². The van der Waals surface area contributed by atoms with Crippen LogP contribution >= 0.6 is 24.0 Å². The fourth-order valence-electron chi connectivity index (χ4n) is 1.77. The van der Waals surface area contributed by atoms with Gasteiger partial charge in [0.1, 0.15) is 10.9 Å². The van der Waals surface area contributed by atoms with Crippen molar-refractivity contribution in [3.8, 4) is 0 Å². The van der Waals surface area contributed by atoms with Crippen LogP contribution in [0.15, 0.2) is 46.9 Å². The smallest absolute Gasteiger partial charge is 0.323 e. The quantitative estimate of drug-likeness (QED) is 0.683. The lowest BCUT2D eigenvalue weighted by atomic mass is 10.1. The second kappa shape index (κ2) is 6.69. The number of hydrogen-bond donors (Lipinski definition) is 1. The van der Waals surface area contributed by atoms with E-state index in [0.717, 1.165) is 27.8 Å². The number of carbonyl (C=O) groups is 2. The molecule has 1 heterocycles. The van der Waals surface area contributed by atoms with Gasteiger partial charge in [-0.3, -0.25) is 14.5 Å². The Balaban J connectivity index is 2.20. The second-order valence-electron chi connectivity index (χ2n) is 4.41. The van der Waals surface area contributed by atoms with Gasteiger partial charge in [-0.2, -0.15) is 0 Å². The zero-order chi connectivity index (χ0) is 15.4. The molecule has 0 atom stereocenters. The first kappa shape index (κ1) is 15.5. The Morgan fingerprint density at radius 1 is 1.38 bits per heavy atom. The van der Waals surface area contributed by atoms with Crippen LogP contribution in [0.25, 0.3) is 6.08 Å². The average molecular weight is 319 g/mol. The number of carboxylic acid groups (broad SMARTS) is 1. The third-order valence-corrected chi connectivity index (χ3v) is 4.39. The Kier molecular flexibility index (Phi) is 4.93.